The van der Waals surface area contributed by atoms with Crippen LogP contribution in [0.1, 0.15) is 22.7 Å². The maximum Gasteiger partial charge on any atom is 0.301 e. The number of ketones is 1. The van der Waals surface area contributed by atoms with Crippen LogP contribution in [-0.2, 0) is 9.59 Å². The van der Waals surface area contributed by atoms with Gasteiger partial charge in [-0.1, -0.05) is 81.4 Å². The number of nitrogens with zero attached hydrogens (tertiary/aromatic N) is 2. The van der Waals surface area contributed by atoms with Crippen LogP contribution in [0.2, 0.25) is 0 Å². The van der Waals surface area contributed by atoms with Crippen LogP contribution in [-0.4, -0.2) is 21.8 Å². The van der Waals surface area contributed by atoms with Gasteiger partial charge >= 0.3 is 5.91 Å². The third-order valence-electron chi connectivity index (χ3n) is 5.44. The van der Waals surface area contributed by atoms with Gasteiger partial charge in [0, 0.05) is 10.0 Å². The summed E-state index contributed by atoms with van der Waals surface area (Å²) in [7, 11) is 0. The number of aliphatic hydroxyl groups is 1. The van der Waals surface area contributed by atoms with Crippen molar-refractivity contribution >= 4 is 60.1 Å². The molecule has 1 saturated heterocycles. The fraction of sp³-hybridized carbons (Fsp3) is 0.0800. The Morgan fingerprint density at radius 2 is 1.69 bits per heavy atom. The van der Waals surface area contributed by atoms with Crippen molar-refractivity contribution in [2.75, 3.05) is 4.90 Å². The molecule has 32 heavy (non-hydrogen) atoms. The van der Waals surface area contributed by atoms with Crippen LogP contribution in [0, 0.1) is 6.92 Å². The first kappa shape index (κ1) is 20.6. The van der Waals surface area contributed by atoms with Crippen LogP contribution in [0.5, 0.6) is 0 Å². The van der Waals surface area contributed by atoms with Crippen molar-refractivity contribution in [1.29, 1.82) is 0 Å². The first-order chi connectivity index (χ1) is 15.4. The Balaban J connectivity index is 1.73. The molecular formula is C25H17BrN2O3S. The number of anilines is 1. The summed E-state index contributed by atoms with van der Waals surface area (Å²) in [6.45, 7) is 1.94. The molecule has 1 fully saturated rings. The van der Waals surface area contributed by atoms with E-state index in [1.54, 1.807) is 12.1 Å². The van der Waals surface area contributed by atoms with Gasteiger partial charge in [0.25, 0.3) is 5.78 Å². The minimum atomic E-state index is -0.787. The quantitative estimate of drug-likeness (QED) is 0.211. The number of carbonyl (C=O) groups is 2. The van der Waals surface area contributed by atoms with Gasteiger partial charge in [0.15, 0.2) is 5.13 Å². The summed E-state index contributed by atoms with van der Waals surface area (Å²) in [4.78, 5) is 32.4. The molecule has 0 saturated carbocycles. The van der Waals surface area contributed by atoms with Gasteiger partial charge in [-0.3, -0.25) is 14.5 Å². The van der Waals surface area contributed by atoms with Crippen LogP contribution < -0.4 is 4.90 Å². The van der Waals surface area contributed by atoms with Crippen molar-refractivity contribution < 1.29 is 14.7 Å². The number of aryl methyl sites for hydroxylation is 1. The Morgan fingerprint density at radius 1 is 1.00 bits per heavy atom. The van der Waals surface area contributed by atoms with Gasteiger partial charge < -0.3 is 5.11 Å². The second-order valence-corrected chi connectivity index (χ2v) is 9.48. The molecule has 0 aliphatic carbocycles. The van der Waals surface area contributed by atoms with Gasteiger partial charge in [0.1, 0.15) is 5.76 Å². The zero-order valence-electron chi connectivity index (χ0n) is 16.9. The lowest BCUT2D eigenvalue weighted by atomic mass is 9.95. The van der Waals surface area contributed by atoms with Crippen LogP contribution in [0.25, 0.3) is 16.0 Å². The van der Waals surface area contributed by atoms with Crippen molar-refractivity contribution in [3.05, 3.63) is 99.5 Å². The van der Waals surface area contributed by atoms with Gasteiger partial charge in [-0.05, 0) is 36.8 Å². The maximum atomic E-state index is 13.2. The van der Waals surface area contributed by atoms with Crippen LogP contribution in [0.3, 0.4) is 0 Å². The number of fused-ring (bicyclic) bond motifs is 1. The highest BCUT2D eigenvalue weighted by atomic mass is 79.9. The molecule has 3 aromatic carbocycles. The van der Waals surface area contributed by atoms with E-state index in [9.17, 15) is 14.7 Å². The van der Waals surface area contributed by atoms with E-state index in [4.69, 9.17) is 0 Å². The zero-order valence-corrected chi connectivity index (χ0v) is 19.4. The number of hydrogen-bond acceptors (Lipinski definition) is 5. The molecule has 5 rings (SSSR count). The van der Waals surface area contributed by atoms with Gasteiger partial charge in [-0.2, -0.15) is 0 Å². The molecule has 7 heteroatoms. The van der Waals surface area contributed by atoms with Crippen LogP contribution in [0.4, 0.5) is 5.13 Å². The summed E-state index contributed by atoms with van der Waals surface area (Å²) in [6.07, 6.45) is 0. The highest BCUT2D eigenvalue weighted by Gasteiger charge is 2.48. The lowest BCUT2D eigenvalue weighted by molar-refractivity contribution is -0.132. The van der Waals surface area contributed by atoms with Crippen molar-refractivity contribution in [2.45, 2.75) is 13.0 Å². The van der Waals surface area contributed by atoms with Gasteiger partial charge in [0.2, 0.25) is 0 Å². The number of carbonyl (C=O) groups excluding carboxylic acids is 2. The number of aliphatic hydroxyl groups excluding tert-OH is 1. The fourth-order valence-corrected chi connectivity index (χ4v) is 5.08. The highest BCUT2D eigenvalue weighted by Crippen LogP contribution is 2.44. The molecule has 0 bridgehead atoms. The van der Waals surface area contributed by atoms with Crippen molar-refractivity contribution in [2.24, 2.45) is 0 Å². The molecule has 1 aliphatic rings. The molecule has 158 valence electrons. The summed E-state index contributed by atoms with van der Waals surface area (Å²) >= 11 is 4.77. The summed E-state index contributed by atoms with van der Waals surface area (Å²) < 4.78 is 1.79. The SMILES string of the molecule is Cc1ccc(/C(O)=C2\C(=O)C(=O)N(c3nc4ccccc4s3)[C@@H]2c2ccc(Br)cc2)cc1. The van der Waals surface area contributed by atoms with Crippen LogP contribution in [0.15, 0.2) is 82.8 Å². The molecule has 1 N–H and O–H groups in total. The number of aromatic nitrogens is 1. The number of rotatable bonds is 3. The Bertz CT molecular complexity index is 1360. The second-order valence-electron chi connectivity index (χ2n) is 7.55. The number of Topliss-reactive ketones (excluding diaryl/α,β-unsaturated/α-hetero) is 1. The summed E-state index contributed by atoms with van der Waals surface area (Å²) in [5.74, 6) is -1.62. The molecule has 1 aliphatic heterocycles. The molecule has 2 heterocycles. The highest BCUT2D eigenvalue weighted by molar-refractivity contribution is 9.10. The smallest absolute Gasteiger partial charge is 0.301 e. The van der Waals surface area contributed by atoms with E-state index in [0.717, 1.165) is 20.3 Å². The minimum absolute atomic E-state index is 0.0560. The number of halogens is 1. The first-order valence-corrected chi connectivity index (χ1v) is 11.5. The molecule has 4 aromatic rings. The van der Waals surface area contributed by atoms with E-state index >= 15 is 0 Å². The van der Waals surface area contributed by atoms with Crippen LogP contribution >= 0.6 is 27.3 Å². The average Bonchev–Trinajstić information content (AvgIpc) is 3.33. The summed E-state index contributed by atoms with van der Waals surface area (Å²) in [5.41, 5.74) is 3.03. The molecular weight excluding hydrogens is 488 g/mol. The first-order valence-electron chi connectivity index (χ1n) is 9.93. The number of benzene rings is 3. The van der Waals surface area contributed by atoms with Crippen molar-refractivity contribution in [3.63, 3.8) is 0 Å². The standard InChI is InChI=1S/C25H17BrN2O3S/c1-14-6-8-16(9-7-14)22(29)20-21(15-10-12-17(26)13-11-15)28(24(31)23(20)30)25-27-18-4-2-3-5-19(18)32-25/h2-13,21,29H,1H3/b22-20+/t21-/m1/s1. The average molecular weight is 505 g/mol. The number of para-hydroxylation sites is 1. The largest absolute Gasteiger partial charge is 0.507 e. The lowest BCUT2D eigenvalue weighted by Gasteiger charge is -2.23. The molecule has 1 atom stereocenters. The Hall–Kier alpha value is -3.29. The molecule has 1 aromatic heterocycles. The minimum Gasteiger partial charge on any atom is -0.507 e. The monoisotopic (exact) mass is 504 g/mol. The van der Waals surface area contributed by atoms with E-state index in [-0.39, 0.29) is 11.3 Å². The Kier molecular flexibility index (Phi) is 5.15. The van der Waals surface area contributed by atoms with E-state index in [0.29, 0.717) is 16.3 Å². The topological polar surface area (TPSA) is 70.5 Å². The third kappa shape index (κ3) is 3.43. The molecule has 5 nitrogen and oxygen atoms in total. The van der Waals surface area contributed by atoms with E-state index in [1.165, 1.54) is 16.2 Å². The summed E-state index contributed by atoms with van der Waals surface area (Å²) in [5, 5.41) is 11.6. The van der Waals surface area contributed by atoms with Crippen molar-refractivity contribution in [3.8, 4) is 0 Å². The Morgan fingerprint density at radius 3 is 2.38 bits per heavy atom. The maximum absolute atomic E-state index is 13.2. The molecule has 1 amide bonds. The van der Waals surface area contributed by atoms with E-state index < -0.39 is 17.7 Å². The lowest BCUT2D eigenvalue weighted by Crippen LogP contribution is -2.29. The molecule has 0 spiro atoms. The summed E-state index contributed by atoms with van der Waals surface area (Å²) in [6, 6.07) is 21.4. The number of hydrogen-bond donors (Lipinski definition) is 1. The molecule has 0 radical (unpaired) electrons. The predicted molar refractivity (Wildman–Crippen MR) is 130 cm³/mol. The molecule has 0 unspecified atom stereocenters. The van der Waals surface area contributed by atoms with Gasteiger partial charge in [0.05, 0.1) is 21.8 Å². The predicted octanol–water partition coefficient (Wildman–Crippen LogP) is 5.99. The fourth-order valence-electron chi connectivity index (χ4n) is 3.82. The third-order valence-corrected chi connectivity index (χ3v) is 7.01. The van der Waals surface area contributed by atoms with Gasteiger partial charge in [-0.25, -0.2) is 4.98 Å². The van der Waals surface area contributed by atoms with Gasteiger partial charge in [-0.15, -0.1) is 0 Å². The second kappa shape index (κ2) is 8.00. The van der Waals surface area contributed by atoms with Crippen molar-refractivity contribution in [1.82, 2.24) is 4.98 Å². The number of amides is 1. The normalized spacial score (nSPS) is 17.9. The number of thiazole rings is 1. The zero-order chi connectivity index (χ0) is 22.4. The Labute approximate surface area is 196 Å². The van der Waals surface area contributed by atoms with E-state index in [1.807, 2.05) is 67.6 Å². The van der Waals surface area contributed by atoms with E-state index in [2.05, 4.69) is 20.9 Å².